The zero-order valence-electron chi connectivity index (χ0n) is 40.1. The van der Waals surface area contributed by atoms with Crippen molar-refractivity contribution < 1.29 is 28.6 Å². The molecule has 0 fully saturated rings. The van der Waals surface area contributed by atoms with Gasteiger partial charge in [-0.05, 0) is 103 Å². The minimum Gasteiger partial charge on any atom is -0.462 e. The van der Waals surface area contributed by atoms with Crippen molar-refractivity contribution in [1.29, 1.82) is 0 Å². The number of carbonyl (C=O) groups excluding carboxylic acids is 3. The third-order valence-corrected chi connectivity index (χ3v) is 10.3. The van der Waals surface area contributed by atoms with Gasteiger partial charge in [0.2, 0.25) is 0 Å². The summed E-state index contributed by atoms with van der Waals surface area (Å²) >= 11 is 0. The van der Waals surface area contributed by atoms with Crippen molar-refractivity contribution in [1.82, 2.24) is 0 Å². The Balaban J connectivity index is 4.52. The average Bonchev–Trinajstić information content (AvgIpc) is 3.27. The highest BCUT2D eigenvalue weighted by Crippen LogP contribution is 2.13. The molecule has 0 rings (SSSR count). The summed E-state index contributed by atoms with van der Waals surface area (Å²) in [5.41, 5.74) is 0. The first-order chi connectivity index (χ1) is 30.5. The van der Waals surface area contributed by atoms with Gasteiger partial charge >= 0.3 is 17.9 Å². The molecule has 0 amide bonds. The molecule has 0 aliphatic heterocycles. The summed E-state index contributed by atoms with van der Waals surface area (Å²) in [5, 5.41) is 0. The van der Waals surface area contributed by atoms with Crippen LogP contribution < -0.4 is 0 Å². The van der Waals surface area contributed by atoms with E-state index in [1.807, 2.05) is 12.2 Å². The molecule has 0 aliphatic rings. The topological polar surface area (TPSA) is 78.9 Å². The van der Waals surface area contributed by atoms with Crippen LogP contribution in [-0.2, 0) is 28.6 Å². The Kier molecular flexibility index (Phi) is 47.0. The van der Waals surface area contributed by atoms with Crippen LogP contribution in [0.25, 0.3) is 0 Å². The zero-order chi connectivity index (χ0) is 45.1. The maximum atomic E-state index is 12.8. The normalized spacial score (nSPS) is 12.9. The molecule has 352 valence electrons. The number of hydrogen-bond donors (Lipinski definition) is 0. The number of allylic oxidation sites excluding steroid dienone is 16. The average molecular weight is 861 g/mol. The summed E-state index contributed by atoms with van der Waals surface area (Å²) < 4.78 is 16.7. The van der Waals surface area contributed by atoms with Gasteiger partial charge in [0.25, 0.3) is 0 Å². The van der Waals surface area contributed by atoms with Crippen LogP contribution in [0.2, 0.25) is 0 Å². The van der Waals surface area contributed by atoms with Crippen molar-refractivity contribution in [2.45, 2.75) is 226 Å². The standard InChI is InChI=1S/C56H92O6/c1-4-7-10-13-16-19-22-25-27-29-31-34-37-40-43-46-49-55(58)61-52-53(51-60-54(57)48-45-42-39-36-33-24-21-18-15-12-9-6-3)62-56(59)50-47-44-41-38-35-32-30-28-26-23-20-17-14-11-8-5-2/h7,9-10,12,16,18-19,21,25,27-28,30-31,34,40,43,53H,4-6,8,11,13-15,17,20,22-24,26,29,32-33,35-39,41-42,44-52H2,1-3H3/b10-7-,12-9-,19-16-,21-18-,27-25-,30-28-,34-31-,43-40-. The lowest BCUT2D eigenvalue weighted by atomic mass is 10.1. The minimum atomic E-state index is -0.817. The van der Waals surface area contributed by atoms with E-state index in [4.69, 9.17) is 14.2 Å². The molecule has 0 bridgehead atoms. The lowest BCUT2D eigenvalue weighted by molar-refractivity contribution is -0.166. The van der Waals surface area contributed by atoms with Crippen molar-refractivity contribution in [2.75, 3.05) is 13.2 Å². The molecule has 0 N–H and O–H groups in total. The summed E-state index contributed by atoms with van der Waals surface area (Å²) in [7, 11) is 0. The number of rotatable bonds is 44. The van der Waals surface area contributed by atoms with Gasteiger partial charge in [0.05, 0.1) is 0 Å². The molecule has 0 saturated carbocycles. The summed E-state index contributed by atoms with van der Waals surface area (Å²) in [4.78, 5) is 37.9. The Labute approximate surface area is 381 Å². The van der Waals surface area contributed by atoms with E-state index in [2.05, 4.69) is 106 Å². The Bertz CT molecular complexity index is 1260. The summed E-state index contributed by atoms with van der Waals surface area (Å²) in [6, 6.07) is 0. The predicted molar refractivity (Wildman–Crippen MR) is 265 cm³/mol. The van der Waals surface area contributed by atoms with E-state index in [1.54, 1.807) is 0 Å². The van der Waals surface area contributed by atoms with Gasteiger partial charge in [-0.15, -0.1) is 0 Å². The Morgan fingerprint density at radius 1 is 0.339 bits per heavy atom. The highest BCUT2D eigenvalue weighted by atomic mass is 16.6. The number of esters is 3. The third kappa shape index (κ3) is 47.4. The quantitative estimate of drug-likeness (QED) is 0.0263. The van der Waals surface area contributed by atoms with Crippen LogP contribution in [0.15, 0.2) is 97.2 Å². The van der Waals surface area contributed by atoms with Crippen LogP contribution in [0, 0.1) is 0 Å². The van der Waals surface area contributed by atoms with E-state index in [-0.39, 0.29) is 37.5 Å². The first-order valence-electron chi connectivity index (χ1n) is 25.2. The largest absolute Gasteiger partial charge is 0.462 e. The zero-order valence-corrected chi connectivity index (χ0v) is 40.1. The molecule has 0 spiro atoms. The first-order valence-corrected chi connectivity index (χ1v) is 25.2. The lowest BCUT2D eigenvalue weighted by Crippen LogP contribution is -2.30. The summed E-state index contributed by atoms with van der Waals surface area (Å²) in [6.07, 6.45) is 65.5. The lowest BCUT2D eigenvalue weighted by Gasteiger charge is -2.18. The van der Waals surface area contributed by atoms with Gasteiger partial charge in [0, 0.05) is 19.3 Å². The van der Waals surface area contributed by atoms with Gasteiger partial charge in [0.1, 0.15) is 13.2 Å². The monoisotopic (exact) mass is 861 g/mol. The predicted octanol–water partition coefficient (Wildman–Crippen LogP) is 16.6. The van der Waals surface area contributed by atoms with Crippen LogP contribution in [-0.4, -0.2) is 37.2 Å². The molecule has 1 unspecified atom stereocenters. The number of hydrogen-bond acceptors (Lipinski definition) is 6. The van der Waals surface area contributed by atoms with Crippen molar-refractivity contribution >= 4 is 17.9 Å². The highest BCUT2D eigenvalue weighted by Gasteiger charge is 2.19. The van der Waals surface area contributed by atoms with Crippen molar-refractivity contribution in [3.05, 3.63) is 97.2 Å². The van der Waals surface area contributed by atoms with E-state index in [9.17, 15) is 14.4 Å². The first kappa shape index (κ1) is 58.3. The molecule has 0 aromatic carbocycles. The second kappa shape index (κ2) is 50.0. The molecule has 0 radical (unpaired) electrons. The molecule has 0 heterocycles. The molecule has 6 nitrogen and oxygen atoms in total. The highest BCUT2D eigenvalue weighted by molar-refractivity contribution is 5.71. The molecule has 0 aromatic rings. The Hall–Kier alpha value is -3.67. The van der Waals surface area contributed by atoms with Gasteiger partial charge in [-0.3, -0.25) is 14.4 Å². The fourth-order valence-electron chi connectivity index (χ4n) is 6.58. The second-order valence-corrected chi connectivity index (χ2v) is 16.3. The fraction of sp³-hybridized carbons (Fsp3) is 0.661. The van der Waals surface area contributed by atoms with Crippen LogP contribution in [0.1, 0.15) is 220 Å². The fourth-order valence-corrected chi connectivity index (χ4v) is 6.58. The summed E-state index contributed by atoms with van der Waals surface area (Å²) in [5.74, 6) is -1.03. The smallest absolute Gasteiger partial charge is 0.306 e. The number of unbranched alkanes of at least 4 members (excludes halogenated alkanes) is 17. The SMILES string of the molecule is CC/C=C\C/C=C\C/C=C\C/C=C\C/C=C\CCC(=O)OCC(COC(=O)CCCCCCC/C=C\C/C=C\CC)OC(=O)CCCCCCC/C=C\CCCCCCCCC. The van der Waals surface area contributed by atoms with Crippen LogP contribution in [0.5, 0.6) is 0 Å². The van der Waals surface area contributed by atoms with Crippen molar-refractivity contribution in [3.63, 3.8) is 0 Å². The Morgan fingerprint density at radius 2 is 0.661 bits per heavy atom. The maximum absolute atomic E-state index is 12.8. The van der Waals surface area contributed by atoms with Gasteiger partial charge in [0.15, 0.2) is 6.10 Å². The van der Waals surface area contributed by atoms with Crippen molar-refractivity contribution in [3.8, 4) is 0 Å². The third-order valence-electron chi connectivity index (χ3n) is 10.3. The van der Waals surface area contributed by atoms with E-state index in [1.165, 1.54) is 57.8 Å². The molecular weight excluding hydrogens is 769 g/mol. The number of ether oxygens (including phenoxy) is 3. The molecule has 0 aliphatic carbocycles. The molecule has 6 heteroatoms. The van der Waals surface area contributed by atoms with Gasteiger partial charge < -0.3 is 14.2 Å². The van der Waals surface area contributed by atoms with Gasteiger partial charge in [-0.2, -0.15) is 0 Å². The van der Waals surface area contributed by atoms with E-state index < -0.39 is 6.10 Å². The molecule has 1 atom stereocenters. The minimum absolute atomic E-state index is 0.112. The van der Waals surface area contributed by atoms with E-state index in [0.29, 0.717) is 19.3 Å². The summed E-state index contributed by atoms with van der Waals surface area (Å²) in [6.45, 7) is 6.31. The van der Waals surface area contributed by atoms with Gasteiger partial charge in [-0.1, -0.05) is 195 Å². The Morgan fingerprint density at radius 3 is 1.10 bits per heavy atom. The second-order valence-electron chi connectivity index (χ2n) is 16.3. The van der Waals surface area contributed by atoms with E-state index in [0.717, 1.165) is 116 Å². The van der Waals surface area contributed by atoms with E-state index >= 15 is 0 Å². The van der Waals surface area contributed by atoms with Crippen LogP contribution in [0.4, 0.5) is 0 Å². The van der Waals surface area contributed by atoms with Crippen LogP contribution in [0.3, 0.4) is 0 Å². The van der Waals surface area contributed by atoms with Crippen LogP contribution >= 0.6 is 0 Å². The maximum Gasteiger partial charge on any atom is 0.306 e. The number of carbonyl (C=O) groups is 3. The molecule has 0 saturated heterocycles. The molecule has 62 heavy (non-hydrogen) atoms. The molecular formula is C56H92O6. The molecule has 0 aromatic heterocycles. The van der Waals surface area contributed by atoms with Gasteiger partial charge in [-0.25, -0.2) is 0 Å². The van der Waals surface area contributed by atoms with Crippen molar-refractivity contribution in [2.24, 2.45) is 0 Å².